The van der Waals surface area contributed by atoms with Gasteiger partial charge in [0, 0.05) is 24.5 Å². The molecule has 2 aromatic carbocycles. The quantitative estimate of drug-likeness (QED) is 0.519. The summed E-state index contributed by atoms with van der Waals surface area (Å²) in [7, 11) is 0. The zero-order valence-electron chi connectivity index (χ0n) is 16.3. The molecule has 2 aromatic heterocycles. The van der Waals surface area contributed by atoms with E-state index in [-0.39, 0.29) is 5.91 Å². The first-order valence-electron chi connectivity index (χ1n) is 9.66. The summed E-state index contributed by atoms with van der Waals surface area (Å²) in [6, 6.07) is 21.4. The molecule has 0 unspecified atom stereocenters. The average Bonchev–Trinajstić information content (AvgIpc) is 3.15. The van der Waals surface area contributed by atoms with Crippen LogP contribution in [0.25, 0.3) is 5.65 Å². The Morgan fingerprint density at radius 1 is 1.03 bits per heavy atom. The predicted octanol–water partition coefficient (Wildman–Crippen LogP) is 4.19. The maximum Gasteiger partial charge on any atom is 0.251 e. The van der Waals surface area contributed by atoms with E-state index in [1.807, 2.05) is 66.2 Å². The highest BCUT2D eigenvalue weighted by Crippen LogP contribution is 2.16. The number of nitrogens with one attached hydrogen (secondary N) is 1. The van der Waals surface area contributed by atoms with E-state index in [2.05, 4.69) is 22.4 Å². The summed E-state index contributed by atoms with van der Waals surface area (Å²) in [5, 5.41) is 2.96. The van der Waals surface area contributed by atoms with Crippen LogP contribution < -0.4 is 10.1 Å². The van der Waals surface area contributed by atoms with Crippen LogP contribution >= 0.6 is 0 Å². The van der Waals surface area contributed by atoms with Crippen molar-refractivity contribution in [3.63, 3.8) is 0 Å². The monoisotopic (exact) mass is 385 g/mol. The van der Waals surface area contributed by atoms with Crippen LogP contribution in [0.5, 0.6) is 5.75 Å². The van der Waals surface area contributed by atoms with E-state index in [4.69, 9.17) is 4.74 Å². The number of hydrogen-bond donors (Lipinski definition) is 1. The zero-order chi connectivity index (χ0) is 20.1. The van der Waals surface area contributed by atoms with E-state index in [9.17, 15) is 4.79 Å². The van der Waals surface area contributed by atoms with Gasteiger partial charge in [0.05, 0.1) is 5.69 Å². The first-order valence-corrected chi connectivity index (χ1v) is 9.66. The van der Waals surface area contributed by atoms with Crippen LogP contribution in [0.1, 0.15) is 27.2 Å². The summed E-state index contributed by atoms with van der Waals surface area (Å²) in [4.78, 5) is 17.0. The van der Waals surface area contributed by atoms with Gasteiger partial charge in [0.15, 0.2) is 0 Å². The van der Waals surface area contributed by atoms with Crippen molar-refractivity contribution in [2.45, 2.75) is 20.0 Å². The molecule has 4 aromatic rings. The fraction of sp³-hybridized carbons (Fsp3) is 0.167. The third-order valence-corrected chi connectivity index (χ3v) is 4.67. The number of aromatic nitrogens is 2. The highest BCUT2D eigenvalue weighted by atomic mass is 16.5. The van der Waals surface area contributed by atoms with E-state index in [0.29, 0.717) is 24.5 Å². The number of carbonyl (C=O) groups is 1. The molecule has 0 spiro atoms. The van der Waals surface area contributed by atoms with Gasteiger partial charge < -0.3 is 14.5 Å². The fourth-order valence-corrected chi connectivity index (χ4v) is 3.18. The third-order valence-electron chi connectivity index (χ3n) is 4.67. The minimum absolute atomic E-state index is 0.102. The molecule has 5 nitrogen and oxygen atoms in total. The number of carbonyl (C=O) groups excluding carboxylic acids is 1. The first kappa shape index (κ1) is 18.7. The van der Waals surface area contributed by atoms with Crippen LogP contribution in [-0.2, 0) is 13.0 Å². The summed E-state index contributed by atoms with van der Waals surface area (Å²) < 4.78 is 7.85. The van der Waals surface area contributed by atoms with Gasteiger partial charge in [-0.2, -0.15) is 0 Å². The number of pyridine rings is 1. The number of imidazole rings is 1. The van der Waals surface area contributed by atoms with Gasteiger partial charge in [-0.3, -0.25) is 4.79 Å². The maximum absolute atomic E-state index is 12.4. The number of benzene rings is 2. The Morgan fingerprint density at radius 3 is 2.76 bits per heavy atom. The average molecular weight is 385 g/mol. The van der Waals surface area contributed by atoms with E-state index in [0.717, 1.165) is 17.8 Å². The Morgan fingerprint density at radius 2 is 1.90 bits per heavy atom. The fourth-order valence-electron chi connectivity index (χ4n) is 3.18. The summed E-state index contributed by atoms with van der Waals surface area (Å²) in [5.74, 6) is 0.545. The molecule has 0 aliphatic carbocycles. The SMILES string of the molecule is Cc1ccc2nc(COc3cccc(C(=O)NCCc4ccccc4)c3)cn2c1. The van der Waals surface area contributed by atoms with Gasteiger partial charge in [0.25, 0.3) is 5.91 Å². The molecule has 0 aliphatic rings. The highest BCUT2D eigenvalue weighted by molar-refractivity contribution is 5.94. The summed E-state index contributed by atoms with van der Waals surface area (Å²) in [6.07, 6.45) is 4.80. The van der Waals surface area contributed by atoms with Crippen molar-refractivity contribution in [3.8, 4) is 5.75 Å². The van der Waals surface area contributed by atoms with E-state index in [1.54, 1.807) is 12.1 Å². The predicted molar refractivity (Wildman–Crippen MR) is 113 cm³/mol. The molecule has 5 heteroatoms. The van der Waals surface area contributed by atoms with Crippen molar-refractivity contribution in [1.29, 1.82) is 0 Å². The molecule has 29 heavy (non-hydrogen) atoms. The van der Waals surface area contributed by atoms with E-state index >= 15 is 0 Å². The van der Waals surface area contributed by atoms with Gasteiger partial charge in [0.1, 0.15) is 18.0 Å². The number of fused-ring (bicyclic) bond motifs is 1. The summed E-state index contributed by atoms with van der Waals surface area (Å²) in [6.45, 7) is 2.99. The Balaban J connectivity index is 1.34. The first-order chi connectivity index (χ1) is 14.2. The Kier molecular flexibility index (Phi) is 5.56. The maximum atomic E-state index is 12.4. The lowest BCUT2D eigenvalue weighted by Crippen LogP contribution is -2.25. The Hall–Kier alpha value is -3.60. The molecular formula is C24H23N3O2. The van der Waals surface area contributed by atoms with Crippen LogP contribution in [0.15, 0.2) is 79.1 Å². The van der Waals surface area contributed by atoms with E-state index in [1.165, 1.54) is 11.1 Å². The molecule has 2 heterocycles. The molecule has 0 fully saturated rings. The van der Waals surface area contributed by atoms with Crippen LogP contribution in [-0.4, -0.2) is 21.8 Å². The van der Waals surface area contributed by atoms with Crippen molar-refractivity contribution in [1.82, 2.24) is 14.7 Å². The number of nitrogens with zero attached hydrogens (tertiary/aromatic N) is 2. The standard InChI is InChI=1S/C24H23N3O2/c1-18-10-11-23-26-21(16-27(23)15-18)17-29-22-9-5-8-20(14-22)24(28)25-13-12-19-6-3-2-4-7-19/h2-11,14-16H,12-13,17H2,1H3,(H,25,28). The number of hydrogen-bond acceptors (Lipinski definition) is 3. The van der Waals surface area contributed by atoms with Gasteiger partial charge >= 0.3 is 0 Å². The smallest absolute Gasteiger partial charge is 0.251 e. The van der Waals surface area contributed by atoms with Crippen LogP contribution in [0, 0.1) is 6.92 Å². The molecule has 0 aliphatic heterocycles. The normalized spacial score (nSPS) is 10.8. The van der Waals surface area contributed by atoms with Gasteiger partial charge in [0.2, 0.25) is 0 Å². The summed E-state index contributed by atoms with van der Waals surface area (Å²) >= 11 is 0. The molecule has 4 rings (SSSR count). The van der Waals surface area contributed by atoms with Crippen molar-refractivity contribution in [3.05, 3.63) is 102 Å². The number of ether oxygens (including phenoxy) is 1. The van der Waals surface area contributed by atoms with Gasteiger partial charge in [-0.1, -0.05) is 42.5 Å². The second kappa shape index (κ2) is 8.61. The molecule has 0 radical (unpaired) electrons. The van der Waals surface area contributed by atoms with Crippen LogP contribution in [0.4, 0.5) is 0 Å². The van der Waals surface area contributed by atoms with Crippen LogP contribution in [0.2, 0.25) is 0 Å². The molecule has 1 N–H and O–H groups in total. The third kappa shape index (κ3) is 4.82. The summed E-state index contributed by atoms with van der Waals surface area (Å²) in [5.41, 5.74) is 4.69. The molecule has 0 saturated carbocycles. The molecular weight excluding hydrogens is 362 g/mol. The molecule has 0 atom stereocenters. The molecule has 1 amide bonds. The van der Waals surface area contributed by atoms with Crippen molar-refractivity contribution in [2.24, 2.45) is 0 Å². The lowest BCUT2D eigenvalue weighted by Gasteiger charge is -2.08. The number of aryl methyl sites for hydroxylation is 1. The second-order valence-corrected chi connectivity index (χ2v) is 7.01. The van der Waals surface area contributed by atoms with Gasteiger partial charge in [-0.25, -0.2) is 4.98 Å². The molecule has 0 bridgehead atoms. The Labute approximate surface area is 170 Å². The topological polar surface area (TPSA) is 55.6 Å². The molecule has 146 valence electrons. The van der Waals surface area contributed by atoms with Crippen molar-refractivity contribution >= 4 is 11.6 Å². The number of rotatable bonds is 7. The largest absolute Gasteiger partial charge is 0.487 e. The lowest BCUT2D eigenvalue weighted by atomic mass is 10.1. The van der Waals surface area contributed by atoms with Crippen molar-refractivity contribution < 1.29 is 9.53 Å². The van der Waals surface area contributed by atoms with Gasteiger partial charge in [-0.15, -0.1) is 0 Å². The second-order valence-electron chi connectivity index (χ2n) is 7.01. The minimum Gasteiger partial charge on any atom is -0.487 e. The number of amides is 1. The highest BCUT2D eigenvalue weighted by Gasteiger charge is 2.08. The zero-order valence-corrected chi connectivity index (χ0v) is 16.3. The van der Waals surface area contributed by atoms with Crippen LogP contribution in [0.3, 0.4) is 0 Å². The van der Waals surface area contributed by atoms with Gasteiger partial charge in [-0.05, 0) is 48.7 Å². The molecule has 0 saturated heterocycles. The van der Waals surface area contributed by atoms with Crippen molar-refractivity contribution in [2.75, 3.05) is 6.54 Å². The Bertz CT molecular complexity index is 1120. The van der Waals surface area contributed by atoms with E-state index < -0.39 is 0 Å². The lowest BCUT2D eigenvalue weighted by molar-refractivity contribution is 0.0953. The minimum atomic E-state index is -0.102.